The molecule has 13 heavy (non-hydrogen) atoms. The molecule has 4 nitrogen and oxygen atoms in total. The van der Waals surface area contributed by atoms with E-state index >= 15 is 0 Å². The van der Waals surface area contributed by atoms with Crippen LogP contribution in [0.5, 0.6) is 0 Å². The highest BCUT2D eigenvalue weighted by molar-refractivity contribution is 5.71. The summed E-state index contributed by atoms with van der Waals surface area (Å²) in [5, 5.41) is 8.88. The Morgan fingerprint density at radius 1 is 1.69 bits per heavy atom. The number of rotatable bonds is 4. The van der Waals surface area contributed by atoms with Crippen LogP contribution in [0.1, 0.15) is 19.8 Å². The van der Waals surface area contributed by atoms with Crippen LogP contribution in [0, 0.1) is 5.92 Å². The highest BCUT2D eigenvalue weighted by atomic mass is 16.5. The van der Waals surface area contributed by atoms with Gasteiger partial charge in [-0.1, -0.05) is 6.92 Å². The molecule has 0 bridgehead atoms. The van der Waals surface area contributed by atoms with E-state index in [1.807, 2.05) is 6.92 Å². The molecule has 0 saturated carbocycles. The highest BCUT2D eigenvalue weighted by Gasteiger charge is 2.38. The molecule has 1 fully saturated rings. The lowest BCUT2D eigenvalue weighted by Gasteiger charge is -2.12. The van der Waals surface area contributed by atoms with E-state index in [4.69, 9.17) is 14.6 Å². The van der Waals surface area contributed by atoms with Crippen LogP contribution in [0.2, 0.25) is 0 Å². The molecule has 1 rings (SSSR count). The molecule has 76 valence electrons. The van der Waals surface area contributed by atoms with Crippen molar-refractivity contribution in [2.24, 2.45) is 5.92 Å². The number of methoxy groups -OCH3 is 1. The largest absolute Gasteiger partial charge is 0.481 e. The third-order valence-corrected chi connectivity index (χ3v) is 2.40. The average Bonchev–Trinajstić information content (AvgIpc) is 2.48. The van der Waals surface area contributed by atoms with Crippen LogP contribution in [0.15, 0.2) is 0 Å². The summed E-state index contributed by atoms with van der Waals surface area (Å²) >= 11 is 0. The standard InChI is InChI=1S/C9H16O4/c1-3-8-7(9(10)11)4-6(13-8)5-12-2/h6-8H,3-5H2,1-2H3,(H,10,11). The van der Waals surface area contributed by atoms with Crippen molar-refractivity contribution in [3.63, 3.8) is 0 Å². The maximum absolute atomic E-state index is 10.8. The molecule has 0 radical (unpaired) electrons. The Hall–Kier alpha value is -0.610. The van der Waals surface area contributed by atoms with Gasteiger partial charge in [0, 0.05) is 7.11 Å². The van der Waals surface area contributed by atoms with Gasteiger partial charge in [0.05, 0.1) is 24.7 Å². The minimum absolute atomic E-state index is 0.0453. The first-order valence-electron chi connectivity index (χ1n) is 4.56. The van der Waals surface area contributed by atoms with Crippen LogP contribution in [-0.4, -0.2) is 37.0 Å². The fourth-order valence-electron chi connectivity index (χ4n) is 1.77. The van der Waals surface area contributed by atoms with Gasteiger partial charge in [0.25, 0.3) is 0 Å². The van der Waals surface area contributed by atoms with Gasteiger partial charge in [-0.3, -0.25) is 4.79 Å². The maximum Gasteiger partial charge on any atom is 0.309 e. The number of carboxylic acids is 1. The molecule has 1 N–H and O–H groups in total. The lowest BCUT2D eigenvalue weighted by atomic mass is 9.98. The first kappa shape index (κ1) is 10.5. The second-order valence-electron chi connectivity index (χ2n) is 3.34. The Kier molecular flexibility index (Phi) is 3.69. The van der Waals surface area contributed by atoms with E-state index in [0.717, 1.165) is 6.42 Å². The van der Waals surface area contributed by atoms with Crippen molar-refractivity contribution in [2.75, 3.05) is 13.7 Å². The number of hydrogen-bond acceptors (Lipinski definition) is 3. The summed E-state index contributed by atoms with van der Waals surface area (Å²) < 4.78 is 10.4. The fourth-order valence-corrected chi connectivity index (χ4v) is 1.77. The van der Waals surface area contributed by atoms with Gasteiger partial charge >= 0.3 is 5.97 Å². The van der Waals surface area contributed by atoms with Crippen LogP contribution in [-0.2, 0) is 14.3 Å². The van der Waals surface area contributed by atoms with Gasteiger partial charge < -0.3 is 14.6 Å². The van der Waals surface area contributed by atoms with Crippen LogP contribution in [0.3, 0.4) is 0 Å². The van der Waals surface area contributed by atoms with Gasteiger partial charge in [-0.15, -0.1) is 0 Å². The molecule has 4 heteroatoms. The molecule has 0 aromatic rings. The van der Waals surface area contributed by atoms with Crippen LogP contribution >= 0.6 is 0 Å². The molecule has 0 aromatic carbocycles. The molecule has 3 unspecified atom stereocenters. The summed E-state index contributed by atoms with van der Waals surface area (Å²) in [4.78, 5) is 10.8. The van der Waals surface area contributed by atoms with Crippen molar-refractivity contribution in [3.05, 3.63) is 0 Å². The summed E-state index contributed by atoms with van der Waals surface area (Å²) in [7, 11) is 1.60. The summed E-state index contributed by atoms with van der Waals surface area (Å²) in [6, 6.07) is 0. The quantitative estimate of drug-likeness (QED) is 0.712. The van der Waals surface area contributed by atoms with Crippen LogP contribution < -0.4 is 0 Å². The van der Waals surface area contributed by atoms with Gasteiger partial charge in [0.15, 0.2) is 0 Å². The molecule has 1 aliphatic heterocycles. The first-order valence-corrected chi connectivity index (χ1v) is 4.56. The zero-order valence-electron chi connectivity index (χ0n) is 8.03. The molecule has 1 heterocycles. The number of carboxylic acid groups (broad SMARTS) is 1. The summed E-state index contributed by atoms with van der Waals surface area (Å²) in [6.07, 6.45) is 1.13. The Balaban J connectivity index is 2.50. The van der Waals surface area contributed by atoms with Crippen LogP contribution in [0.4, 0.5) is 0 Å². The van der Waals surface area contributed by atoms with Gasteiger partial charge in [-0.05, 0) is 12.8 Å². The topological polar surface area (TPSA) is 55.8 Å². The monoisotopic (exact) mass is 188 g/mol. The summed E-state index contributed by atoms with van der Waals surface area (Å²) in [5.41, 5.74) is 0. The van der Waals surface area contributed by atoms with Gasteiger partial charge in [-0.2, -0.15) is 0 Å². The van der Waals surface area contributed by atoms with E-state index in [1.54, 1.807) is 7.11 Å². The Morgan fingerprint density at radius 3 is 2.77 bits per heavy atom. The molecule has 0 aromatic heterocycles. The predicted octanol–water partition coefficient (Wildman–Crippen LogP) is 0.901. The minimum atomic E-state index is -0.759. The zero-order chi connectivity index (χ0) is 9.84. The molecule has 3 atom stereocenters. The normalized spacial score (nSPS) is 33.5. The van der Waals surface area contributed by atoms with Crippen molar-refractivity contribution in [2.45, 2.75) is 32.0 Å². The van der Waals surface area contributed by atoms with Crippen molar-refractivity contribution >= 4 is 5.97 Å². The lowest BCUT2D eigenvalue weighted by Crippen LogP contribution is -2.22. The van der Waals surface area contributed by atoms with Crippen molar-refractivity contribution in [1.29, 1.82) is 0 Å². The summed E-state index contributed by atoms with van der Waals surface area (Å²) in [6.45, 7) is 2.43. The number of hydrogen-bond donors (Lipinski definition) is 1. The molecule has 0 amide bonds. The lowest BCUT2D eigenvalue weighted by molar-refractivity contribution is -0.143. The SMILES string of the molecule is CCC1OC(COC)CC1C(=O)O. The third kappa shape index (κ3) is 2.42. The van der Waals surface area contributed by atoms with E-state index in [9.17, 15) is 4.79 Å². The van der Waals surface area contributed by atoms with Crippen molar-refractivity contribution in [1.82, 2.24) is 0 Å². The number of aliphatic carboxylic acids is 1. The van der Waals surface area contributed by atoms with E-state index in [2.05, 4.69) is 0 Å². The zero-order valence-corrected chi connectivity index (χ0v) is 8.03. The highest BCUT2D eigenvalue weighted by Crippen LogP contribution is 2.28. The molecular weight excluding hydrogens is 172 g/mol. The van der Waals surface area contributed by atoms with E-state index < -0.39 is 5.97 Å². The van der Waals surface area contributed by atoms with Crippen LogP contribution in [0.25, 0.3) is 0 Å². The van der Waals surface area contributed by atoms with Gasteiger partial charge in [0.2, 0.25) is 0 Å². The van der Waals surface area contributed by atoms with E-state index in [1.165, 1.54) is 0 Å². The number of carbonyl (C=O) groups is 1. The average molecular weight is 188 g/mol. The fraction of sp³-hybridized carbons (Fsp3) is 0.889. The Labute approximate surface area is 77.8 Å². The molecule has 0 aliphatic carbocycles. The molecular formula is C9H16O4. The Morgan fingerprint density at radius 2 is 2.38 bits per heavy atom. The summed E-state index contributed by atoms with van der Waals surface area (Å²) in [5.74, 6) is -1.12. The van der Waals surface area contributed by atoms with E-state index in [-0.39, 0.29) is 18.1 Å². The maximum atomic E-state index is 10.8. The predicted molar refractivity (Wildman–Crippen MR) is 46.6 cm³/mol. The smallest absolute Gasteiger partial charge is 0.309 e. The second kappa shape index (κ2) is 4.58. The first-order chi connectivity index (χ1) is 6.19. The van der Waals surface area contributed by atoms with Crippen molar-refractivity contribution in [3.8, 4) is 0 Å². The van der Waals surface area contributed by atoms with E-state index in [0.29, 0.717) is 13.0 Å². The second-order valence-corrected chi connectivity index (χ2v) is 3.34. The number of ether oxygens (including phenoxy) is 2. The van der Waals surface area contributed by atoms with Gasteiger partial charge in [0.1, 0.15) is 0 Å². The minimum Gasteiger partial charge on any atom is -0.481 e. The van der Waals surface area contributed by atoms with Crippen molar-refractivity contribution < 1.29 is 19.4 Å². The van der Waals surface area contributed by atoms with Gasteiger partial charge in [-0.25, -0.2) is 0 Å². The molecule has 0 spiro atoms. The Bertz CT molecular complexity index is 180. The molecule has 1 aliphatic rings. The molecule has 1 saturated heterocycles. The third-order valence-electron chi connectivity index (χ3n) is 2.40.